The number of benzene rings is 3. The van der Waals surface area contributed by atoms with E-state index in [4.69, 9.17) is 32.7 Å². The summed E-state index contributed by atoms with van der Waals surface area (Å²) in [4.78, 5) is 12.0. The first-order chi connectivity index (χ1) is 16.0. The van der Waals surface area contributed by atoms with Gasteiger partial charge in [0.2, 0.25) is 5.91 Å². The molecule has 0 unspecified atom stereocenters. The van der Waals surface area contributed by atoms with Crippen LogP contribution in [-0.2, 0) is 17.2 Å². The minimum atomic E-state index is -0.176. The van der Waals surface area contributed by atoms with Crippen LogP contribution >= 0.6 is 35.0 Å². The number of hydrogen-bond acceptors (Lipinski definition) is 5. The van der Waals surface area contributed by atoms with Crippen LogP contribution in [-0.4, -0.2) is 24.5 Å². The minimum absolute atomic E-state index is 0.176. The highest BCUT2D eigenvalue weighted by atomic mass is 35.5. The van der Waals surface area contributed by atoms with Crippen molar-refractivity contribution in [2.45, 2.75) is 19.3 Å². The van der Waals surface area contributed by atoms with E-state index in [1.165, 1.54) is 11.8 Å². The van der Waals surface area contributed by atoms with Crippen molar-refractivity contribution in [1.82, 2.24) is 5.43 Å². The standard InChI is InChI=1S/C25H24Cl2N2O3S/c1-2-31-24-13-18(9-10-23(24)32-15-19-5-3-7-21(26)11-19)14-28-29-25(30)17-33-16-20-6-4-8-22(27)12-20/h3-14H,2,15-17H2,1H3,(H,29,30)/b28-14-. The highest BCUT2D eigenvalue weighted by molar-refractivity contribution is 7.99. The number of nitrogens with one attached hydrogen (secondary N) is 1. The first-order valence-electron chi connectivity index (χ1n) is 10.3. The molecule has 0 aromatic heterocycles. The number of hydrazone groups is 1. The van der Waals surface area contributed by atoms with Gasteiger partial charge in [0.05, 0.1) is 18.6 Å². The molecule has 1 amide bonds. The van der Waals surface area contributed by atoms with Gasteiger partial charge in [-0.3, -0.25) is 4.79 Å². The number of rotatable bonds is 11. The van der Waals surface area contributed by atoms with Crippen molar-refractivity contribution in [2.24, 2.45) is 5.10 Å². The molecule has 0 saturated heterocycles. The molecule has 3 rings (SSSR count). The van der Waals surface area contributed by atoms with Crippen LogP contribution in [0.4, 0.5) is 0 Å². The largest absolute Gasteiger partial charge is 0.490 e. The van der Waals surface area contributed by atoms with Gasteiger partial charge in [-0.25, -0.2) is 5.43 Å². The first-order valence-corrected chi connectivity index (χ1v) is 12.2. The second-order valence-corrected chi connectivity index (χ2v) is 8.83. The van der Waals surface area contributed by atoms with Crippen molar-refractivity contribution in [2.75, 3.05) is 12.4 Å². The Kier molecular flexibility index (Phi) is 9.94. The van der Waals surface area contributed by atoms with E-state index < -0.39 is 0 Å². The quantitative estimate of drug-likeness (QED) is 0.245. The van der Waals surface area contributed by atoms with Crippen molar-refractivity contribution in [3.63, 3.8) is 0 Å². The second-order valence-electron chi connectivity index (χ2n) is 6.97. The molecule has 0 radical (unpaired) electrons. The molecular weight excluding hydrogens is 479 g/mol. The van der Waals surface area contributed by atoms with Crippen LogP contribution in [0.5, 0.6) is 11.5 Å². The van der Waals surface area contributed by atoms with E-state index in [1.54, 1.807) is 6.21 Å². The van der Waals surface area contributed by atoms with Gasteiger partial charge in [0, 0.05) is 15.8 Å². The number of hydrogen-bond donors (Lipinski definition) is 1. The van der Waals surface area contributed by atoms with E-state index in [9.17, 15) is 4.79 Å². The Balaban J connectivity index is 1.50. The van der Waals surface area contributed by atoms with Crippen LogP contribution in [0.3, 0.4) is 0 Å². The maximum atomic E-state index is 12.0. The summed E-state index contributed by atoms with van der Waals surface area (Å²) in [6.07, 6.45) is 1.57. The highest BCUT2D eigenvalue weighted by Gasteiger charge is 2.07. The van der Waals surface area contributed by atoms with E-state index in [-0.39, 0.29) is 5.91 Å². The van der Waals surface area contributed by atoms with Gasteiger partial charge in [-0.05, 0) is 66.1 Å². The predicted molar refractivity (Wildman–Crippen MR) is 137 cm³/mol. The maximum Gasteiger partial charge on any atom is 0.250 e. The number of thioether (sulfide) groups is 1. The van der Waals surface area contributed by atoms with Crippen molar-refractivity contribution in [1.29, 1.82) is 0 Å². The van der Waals surface area contributed by atoms with E-state index >= 15 is 0 Å². The Morgan fingerprint density at radius 2 is 1.70 bits per heavy atom. The van der Waals surface area contributed by atoms with Crippen LogP contribution in [0.25, 0.3) is 0 Å². The number of carbonyl (C=O) groups excluding carboxylic acids is 1. The molecule has 33 heavy (non-hydrogen) atoms. The number of halogens is 2. The van der Waals surface area contributed by atoms with Crippen molar-refractivity contribution >= 4 is 47.1 Å². The molecule has 3 aromatic carbocycles. The summed E-state index contributed by atoms with van der Waals surface area (Å²) in [6, 6.07) is 20.6. The number of amides is 1. The van der Waals surface area contributed by atoms with Gasteiger partial charge < -0.3 is 9.47 Å². The summed E-state index contributed by atoms with van der Waals surface area (Å²) < 4.78 is 11.6. The predicted octanol–water partition coefficient (Wildman–Crippen LogP) is 6.35. The molecule has 0 spiro atoms. The van der Waals surface area contributed by atoms with Crippen LogP contribution in [0, 0.1) is 0 Å². The third kappa shape index (κ3) is 8.65. The normalized spacial score (nSPS) is 10.9. The molecule has 0 aliphatic rings. The zero-order valence-electron chi connectivity index (χ0n) is 18.1. The fourth-order valence-corrected chi connectivity index (χ4v) is 4.07. The van der Waals surface area contributed by atoms with E-state index in [1.807, 2.05) is 73.7 Å². The van der Waals surface area contributed by atoms with Gasteiger partial charge in [0.15, 0.2) is 11.5 Å². The Morgan fingerprint density at radius 3 is 2.42 bits per heavy atom. The smallest absolute Gasteiger partial charge is 0.250 e. The summed E-state index contributed by atoms with van der Waals surface area (Å²) in [7, 11) is 0. The number of ether oxygens (including phenoxy) is 2. The van der Waals surface area contributed by atoms with Crippen LogP contribution in [0.15, 0.2) is 71.8 Å². The van der Waals surface area contributed by atoms with Crippen LogP contribution in [0.1, 0.15) is 23.6 Å². The summed E-state index contributed by atoms with van der Waals surface area (Å²) in [5, 5.41) is 5.40. The lowest BCUT2D eigenvalue weighted by atomic mass is 10.2. The fraction of sp³-hybridized carbons (Fsp3) is 0.200. The SMILES string of the molecule is CCOc1cc(/C=N\NC(=O)CSCc2cccc(Cl)c2)ccc1OCc1cccc(Cl)c1. The summed E-state index contributed by atoms with van der Waals surface area (Å²) >= 11 is 13.5. The molecule has 5 nitrogen and oxygen atoms in total. The molecule has 8 heteroatoms. The number of carbonyl (C=O) groups is 1. The van der Waals surface area contributed by atoms with Gasteiger partial charge in [0.1, 0.15) is 6.61 Å². The summed E-state index contributed by atoms with van der Waals surface area (Å²) in [5.74, 6) is 2.04. The second kappa shape index (κ2) is 13.1. The molecule has 0 aliphatic carbocycles. The van der Waals surface area contributed by atoms with Crippen molar-refractivity contribution in [3.05, 3.63) is 93.5 Å². The average Bonchev–Trinajstić information content (AvgIpc) is 2.79. The lowest BCUT2D eigenvalue weighted by Crippen LogP contribution is -2.19. The molecule has 0 saturated carbocycles. The van der Waals surface area contributed by atoms with Gasteiger partial charge in [0.25, 0.3) is 0 Å². The monoisotopic (exact) mass is 502 g/mol. The highest BCUT2D eigenvalue weighted by Crippen LogP contribution is 2.29. The Bertz CT molecular complexity index is 1110. The lowest BCUT2D eigenvalue weighted by molar-refractivity contribution is -0.118. The minimum Gasteiger partial charge on any atom is -0.490 e. The third-order valence-electron chi connectivity index (χ3n) is 4.34. The molecule has 3 aromatic rings. The van der Waals surface area contributed by atoms with Gasteiger partial charge in [-0.15, -0.1) is 11.8 Å². The third-order valence-corrected chi connectivity index (χ3v) is 5.82. The first kappa shape index (κ1) is 25.0. The molecule has 172 valence electrons. The molecule has 0 atom stereocenters. The molecular formula is C25H24Cl2N2O3S. The fourth-order valence-electron chi connectivity index (χ4n) is 2.88. The summed E-state index contributed by atoms with van der Waals surface area (Å²) in [5.41, 5.74) is 5.36. The molecule has 0 heterocycles. The maximum absolute atomic E-state index is 12.0. The molecule has 0 bridgehead atoms. The Morgan fingerprint density at radius 1 is 0.970 bits per heavy atom. The van der Waals surface area contributed by atoms with Gasteiger partial charge in [-0.1, -0.05) is 47.5 Å². The lowest BCUT2D eigenvalue weighted by Gasteiger charge is -2.12. The van der Waals surface area contributed by atoms with Crippen LogP contribution < -0.4 is 14.9 Å². The zero-order valence-corrected chi connectivity index (χ0v) is 20.4. The van der Waals surface area contributed by atoms with Crippen LogP contribution in [0.2, 0.25) is 10.0 Å². The van der Waals surface area contributed by atoms with Crippen molar-refractivity contribution in [3.8, 4) is 11.5 Å². The zero-order chi connectivity index (χ0) is 23.5. The van der Waals surface area contributed by atoms with E-state index in [0.29, 0.717) is 46.3 Å². The van der Waals surface area contributed by atoms with Gasteiger partial charge >= 0.3 is 0 Å². The molecule has 0 fully saturated rings. The molecule has 1 N–H and O–H groups in total. The van der Waals surface area contributed by atoms with E-state index in [2.05, 4.69) is 10.5 Å². The van der Waals surface area contributed by atoms with Gasteiger partial charge in [-0.2, -0.15) is 5.10 Å². The molecule has 0 aliphatic heterocycles. The van der Waals surface area contributed by atoms with E-state index in [0.717, 1.165) is 16.7 Å². The Labute approximate surface area is 208 Å². The topological polar surface area (TPSA) is 59.9 Å². The average molecular weight is 503 g/mol. The number of nitrogens with zero attached hydrogens (tertiary/aromatic N) is 1. The summed E-state index contributed by atoms with van der Waals surface area (Å²) in [6.45, 7) is 2.77. The Hall–Kier alpha value is -2.67. The van der Waals surface area contributed by atoms with Crippen molar-refractivity contribution < 1.29 is 14.3 Å².